The summed E-state index contributed by atoms with van der Waals surface area (Å²) < 4.78 is 0. The van der Waals surface area contributed by atoms with Crippen LogP contribution in [-0.2, 0) is 4.79 Å². The number of allylic oxidation sites excluding steroid dienone is 1. The lowest BCUT2D eigenvalue weighted by atomic mass is 10.3. The quantitative estimate of drug-likeness (QED) is 0.534. The molecule has 0 saturated heterocycles. The molecule has 0 atom stereocenters. The smallest absolute Gasteiger partial charge is 0.373 e. The SMILES string of the molecule is O=CC=Cc1cnc(C(=O)O)nc1. The Morgan fingerprint density at radius 2 is 2.00 bits per heavy atom. The van der Waals surface area contributed by atoms with Gasteiger partial charge in [-0.15, -0.1) is 0 Å². The van der Waals surface area contributed by atoms with Crippen molar-refractivity contribution in [3.05, 3.63) is 29.9 Å². The van der Waals surface area contributed by atoms with Crippen molar-refractivity contribution in [1.82, 2.24) is 9.97 Å². The van der Waals surface area contributed by atoms with Gasteiger partial charge in [0.1, 0.15) is 6.29 Å². The van der Waals surface area contributed by atoms with Crippen LogP contribution in [0.5, 0.6) is 0 Å². The third kappa shape index (κ3) is 2.48. The van der Waals surface area contributed by atoms with E-state index >= 15 is 0 Å². The number of aromatic carboxylic acids is 1. The van der Waals surface area contributed by atoms with Gasteiger partial charge in [-0.1, -0.05) is 0 Å². The maximum absolute atomic E-state index is 10.3. The molecular formula is C8H6N2O3. The van der Waals surface area contributed by atoms with Gasteiger partial charge in [0.15, 0.2) is 0 Å². The van der Waals surface area contributed by atoms with Gasteiger partial charge in [-0.2, -0.15) is 0 Å². The molecule has 1 rings (SSSR count). The van der Waals surface area contributed by atoms with Crippen molar-refractivity contribution in [3.8, 4) is 0 Å². The maximum atomic E-state index is 10.3. The number of carbonyl (C=O) groups is 2. The first-order chi connectivity index (χ1) is 6.24. The standard InChI is InChI=1S/C8H6N2O3/c11-3-1-2-6-4-9-7(8(12)13)10-5-6/h1-5H,(H,12,13). The summed E-state index contributed by atoms with van der Waals surface area (Å²) in [6, 6.07) is 0. The van der Waals surface area contributed by atoms with Crippen molar-refractivity contribution < 1.29 is 14.7 Å². The normalized spacial score (nSPS) is 10.2. The first kappa shape index (κ1) is 9.05. The summed E-state index contributed by atoms with van der Waals surface area (Å²) in [6.07, 6.45) is 6.04. The molecule has 13 heavy (non-hydrogen) atoms. The molecule has 0 aliphatic carbocycles. The highest BCUT2D eigenvalue weighted by molar-refractivity contribution is 5.83. The van der Waals surface area contributed by atoms with Crippen molar-refractivity contribution in [1.29, 1.82) is 0 Å². The van der Waals surface area contributed by atoms with Gasteiger partial charge in [-0.25, -0.2) is 14.8 Å². The highest BCUT2D eigenvalue weighted by Crippen LogP contribution is 1.98. The van der Waals surface area contributed by atoms with E-state index in [1.807, 2.05) is 0 Å². The summed E-state index contributed by atoms with van der Waals surface area (Å²) in [5.41, 5.74) is 0.581. The average molecular weight is 178 g/mol. The van der Waals surface area contributed by atoms with Crippen LogP contribution in [-0.4, -0.2) is 27.3 Å². The molecular weight excluding hydrogens is 172 g/mol. The zero-order valence-corrected chi connectivity index (χ0v) is 6.54. The Bertz CT molecular complexity index is 343. The Morgan fingerprint density at radius 3 is 2.46 bits per heavy atom. The van der Waals surface area contributed by atoms with E-state index in [1.165, 1.54) is 24.5 Å². The van der Waals surface area contributed by atoms with E-state index in [0.717, 1.165) is 0 Å². The number of nitrogens with zero attached hydrogens (tertiary/aromatic N) is 2. The van der Waals surface area contributed by atoms with E-state index in [4.69, 9.17) is 5.11 Å². The van der Waals surface area contributed by atoms with Crippen LogP contribution < -0.4 is 0 Å². The van der Waals surface area contributed by atoms with Gasteiger partial charge in [0.05, 0.1) is 0 Å². The lowest BCUT2D eigenvalue weighted by Crippen LogP contribution is -2.02. The molecule has 5 heteroatoms. The first-order valence-corrected chi connectivity index (χ1v) is 3.41. The largest absolute Gasteiger partial charge is 0.475 e. The monoisotopic (exact) mass is 178 g/mol. The zero-order chi connectivity index (χ0) is 9.68. The number of aromatic nitrogens is 2. The lowest BCUT2D eigenvalue weighted by molar-refractivity contribution is -0.104. The summed E-state index contributed by atoms with van der Waals surface area (Å²) in [7, 11) is 0. The summed E-state index contributed by atoms with van der Waals surface area (Å²) in [6.45, 7) is 0. The fraction of sp³-hybridized carbons (Fsp3) is 0. The molecule has 1 N–H and O–H groups in total. The molecule has 66 valence electrons. The van der Waals surface area contributed by atoms with Gasteiger partial charge < -0.3 is 5.11 Å². The summed E-state index contributed by atoms with van der Waals surface area (Å²) in [4.78, 5) is 27.4. The molecule has 5 nitrogen and oxygen atoms in total. The molecule has 0 bridgehead atoms. The molecule has 0 aromatic carbocycles. The number of carboxylic acid groups (broad SMARTS) is 1. The van der Waals surface area contributed by atoms with Gasteiger partial charge in [0.25, 0.3) is 0 Å². The number of hydrogen-bond donors (Lipinski definition) is 1. The Labute approximate surface area is 73.8 Å². The number of aldehydes is 1. The van der Waals surface area contributed by atoms with E-state index in [-0.39, 0.29) is 5.82 Å². The predicted octanol–water partition coefficient (Wildman–Crippen LogP) is 0.387. The first-order valence-electron chi connectivity index (χ1n) is 3.41. The molecule has 0 amide bonds. The van der Waals surface area contributed by atoms with E-state index in [2.05, 4.69) is 9.97 Å². The van der Waals surface area contributed by atoms with Crippen molar-refractivity contribution in [2.24, 2.45) is 0 Å². The van der Waals surface area contributed by atoms with Gasteiger partial charge in [0.2, 0.25) is 5.82 Å². The van der Waals surface area contributed by atoms with Crippen molar-refractivity contribution in [2.75, 3.05) is 0 Å². The Balaban J connectivity index is 2.87. The average Bonchev–Trinajstić information content (AvgIpc) is 2.15. The van der Waals surface area contributed by atoms with Crippen LogP contribution in [0.2, 0.25) is 0 Å². The van der Waals surface area contributed by atoms with Crippen LogP contribution in [0.3, 0.4) is 0 Å². The number of hydrogen-bond acceptors (Lipinski definition) is 4. The topological polar surface area (TPSA) is 80.2 Å². The van der Waals surface area contributed by atoms with Crippen LogP contribution in [0.15, 0.2) is 18.5 Å². The fourth-order valence-electron chi connectivity index (χ4n) is 0.685. The van der Waals surface area contributed by atoms with Crippen LogP contribution in [0.25, 0.3) is 6.08 Å². The summed E-state index contributed by atoms with van der Waals surface area (Å²) in [5, 5.41) is 8.45. The molecule has 0 aliphatic rings. The molecule has 1 aromatic heterocycles. The van der Waals surface area contributed by atoms with Crippen LogP contribution in [0.4, 0.5) is 0 Å². The molecule has 0 spiro atoms. The van der Waals surface area contributed by atoms with Crippen molar-refractivity contribution in [2.45, 2.75) is 0 Å². The minimum atomic E-state index is -1.18. The fourth-order valence-corrected chi connectivity index (χ4v) is 0.685. The number of carbonyl (C=O) groups excluding carboxylic acids is 1. The van der Waals surface area contributed by atoms with E-state index < -0.39 is 5.97 Å². The molecule has 0 aliphatic heterocycles. The Hall–Kier alpha value is -2.04. The number of carboxylic acids is 1. The third-order valence-corrected chi connectivity index (χ3v) is 1.23. The van der Waals surface area contributed by atoms with Crippen molar-refractivity contribution in [3.63, 3.8) is 0 Å². The predicted molar refractivity (Wildman–Crippen MR) is 44.1 cm³/mol. The minimum Gasteiger partial charge on any atom is -0.475 e. The third-order valence-electron chi connectivity index (χ3n) is 1.23. The second kappa shape index (κ2) is 4.10. The van der Waals surface area contributed by atoms with E-state index in [9.17, 15) is 9.59 Å². The van der Waals surface area contributed by atoms with Crippen LogP contribution >= 0.6 is 0 Å². The number of rotatable bonds is 3. The molecule has 0 radical (unpaired) electrons. The van der Waals surface area contributed by atoms with E-state index in [0.29, 0.717) is 11.8 Å². The molecule has 1 heterocycles. The van der Waals surface area contributed by atoms with Gasteiger partial charge in [-0.3, -0.25) is 4.79 Å². The molecule has 0 saturated carbocycles. The molecule has 1 aromatic rings. The minimum absolute atomic E-state index is 0.261. The van der Waals surface area contributed by atoms with Crippen LogP contribution in [0, 0.1) is 0 Å². The second-order valence-electron chi connectivity index (χ2n) is 2.14. The van der Waals surface area contributed by atoms with Gasteiger partial charge >= 0.3 is 5.97 Å². The molecule has 0 fully saturated rings. The Kier molecular flexibility index (Phi) is 2.86. The molecule has 0 unspecified atom stereocenters. The summed E-state index contributed by atoms with van der Waals surface area (Å²) in [5.74, 6) is -1.44. The van der Waals surface area contributed by atoms with E-state index in [1.54, 1.807) is 0 Å². The summed E-state index contributed by atoms with van der Waals surface area (Å²) >= 11 is 0. The van der Waals surface area contributed by atoms with Gasteiger partial charge in [-0.05, 0) is 12.2 Å². The Morgan fingerprint density at radius 1 is 1.38 bits per heavy atom. The van der Waals surface area contributed by atoms with Crippen molar-refractivity contribution >= 4 is 18.3 Å². The lowest BCUT2D eigenvalue weighted by Gasteiger charge is -1.92. The van der Waals surface area contributed by atoms with Gasteiger partial charge in [0, 0.05) is 18.0 Å². The highest BCUT2D eigenvalue weighted by atomic mass is 16.4. The van der Waals surface area contributed by atoms with Crippen LogP contribution in [0.1, 0.15) is 16.2 Å². The second-order valence-corrected chi connectivity index (χ2v) is 2.14. The zero-order valence-electron chi connectivity index (χ0n) is 6.54. The highest BCUT2D eigenvalue weighted by Gasteiger charge is 2.03. The maximum Gasteiger partial charge on any atom is 0.373 e.